The monoisotopic (exact) mass is 269 g/mol. The predicted molar refractivity (Wildman–Crippen MR) is 60.0 cm³/mol. The van der Waals surface area contributed by atoms with Gasteiger partial charge in [0.15, 0.2) is 0 Å². The lowest BCUT2D eigenvalue weighted by Crippen LogP contribution is -2.42. The molecule has 8 heteroatoms. The lowest BCUT2D eigenvalue weighted by molar-refractivity contribution is -0.345. The fourth-order valence-corrected chi connectivity index (χ4v) is 5.16. The molecule has 0 aromatic heterocycles. The number of carboxylic acids is 2. The lowest BCUT2D eigenvalue weighted by Gasteiger charge is -2.25. The van der Waals surface area contributed by atoms with Crippen LogP contribution in [0.25, 0.3) is 0 Å². The van der Waals surface area contributed by atoms with Gasteiger partial charge >= 0.3 is 0 Å². The molecule has 1 aliphatic heterocycles. The zero-order valence-corrected chi connectivity index (χ0v) is 10.7. The highest BCUT2D eigenvalue weighted by molar-refractivity contribution is 9.09. The predicted octanol–water partition coefficient (Wildman–Crippen LogP) is -1.55. The van der Waals surface area contributed by atoms with Crippen LogP contribution in [0.2, 0.25) is 0 Å². The van der Waals surface area contributed by atoms with E-state index < -0.39 is 11.9 Å². The summed E-state index contributed by atoms with van der Waals surface area (Å²) in [5.41, 5.74) is 0. The molecule has 0 unspecified atom stereocenters. The minimum Gasteiger partial charge on any atom is -0.543 e. The molecule has 0 amide bonds. The molecule has 1 heterocycles. The third-order valence-corrected chi connectivity index (χ3v) is 5.87. The van der Waals surface area contributed by atoms with Crippen LogP contribution in [0.15, 0.2) is 0 Å². The molecule has 0 saturated carbocycles. The summed E-state index contributed by atoms with van der Waals surface area (Å²) in [5.74, 6) is -1.81. The Bertz CT molecular complexity index is 206. The average Bonchev–Trinajstić information content (AvgIpc) is 2.20. The van der Waals surface area contributed by atoms with Crippen molar-refractivity contribution in [2.24, 2.45) is 0 Å². The van der Waals surface area contributed by atoms with Gasteiger partial charge in [-0.2, -0.15) is 0 Å². The van der Waals surface area contributed by atoms with Crippen LogP contribution in [0, 0.1) is 0 Å². The molecule has 5 nitrogen and oxygen atoms in total. The van der Waals surface area contributed by atoms with Crippen molar-refractivity contribution >= 4 is 43.4 Å². The van der Waals surface area contributed by atoms with Gasteiger partial charge in [-0.1, -0.05) is 21.6 Å². The molecule has 1 rings (SSSR count). The van der Waals surface area contributed by atoms with E-state index in [0.29, 0.717) is 0 Å². The SMILES string of the molecule is CN(C)C1CSSSC1.O=C([O-])C(=O)[O-]. The number of carbonyl (C=O) groups is 2. The number of carboxylic acid groups (broad SMARTS) is 2. The van der Waals surface area contributed by atoms with Crippen molar-refractivity contribution < 1.29 is 19.8 Å². The first-order valence-electron chi connectivity index (χ1n) is 3.95. The third-order valence-electron chi connectivity index (χ3n) is 1.51. The maximum atomic E-state index is 8.93. The summed E-state index contributed by atoms with van der Waals surface area (Å²) in [7, 11) is 10.2. The van der Waals surface area contributed by atoms with Crippen molar-refractivity contribution in [1.82, 2.24) is 4.90 Å². The molecule has 0 aromatic rings. The van der Waals surface area contributed by atoms with E-state index in [4.69, 9.17) is 19.8 Å². The van der Waals surface area contributed by atoms with Crippen molar-refractivity contribution in [3.8, 4) is 0 Å². The van der Waals surface area contributed by atoms with Crippen LogP contribution in [0.1, 0.15) is 0 Å². The zero-order chi connectivity index (χ0) is 11.8. The van der Waals surface area contributed by atoms with Crippen LogP contribution in [-0.2, 0) is 9.59 Å². The van der Waals surface area contributed by atoms with Gasteiger partial charge < -0.3 is 24.7 Å². The Morgan fingerprint density at radius 1 is 1.13 bits per heavy atom. The van der Waals surface area contributed by atoms with E-state index in [0.717, 1.165) is 6.04 Å². The van der Waals surface area contributed by atoms with E-state index in [-0.39, 0.29) is 0 Å². The largest absolute Gasteiger partial charge is 0.543 e. The number of nitrogens with zero attached hydrogens (tertiary/aromatic N) is 1. The third kappa shape index (κ3) is 7.83. The minimum atomic E-state index is -2.19. The maximum absolute atomic E-state index is 8.93. The summed E-state index contributed by atoms with van der Waals surface area (Å²) in [4.78, 5) is 20.2. The van der Waals surface area contributed by atoms with Crippen molar-refractivity contribution in [3.05, 3.63) is 0 Å². The molecule has 1 saturated heterocycles. The Hall–Kier alpha value is -0.0500. The molecular weight excluding hydrogens is 258 g/mol. The number of hydrogen-bond donors (Lipinski definition) is 0. The molecule has 0 aliphatic carbocycles. The highest BCUT2D eigenvalue weighted by atomic mass is 33.5. The van der Waals surface area contributed by atoms with Gasteiger partial charge in [0, 0.05) is 17.5 Å². The first kappa shape index (κ1) is 14.9. The standard InChI is InChI=1S/C5H11NS3.C2H2O4/c1-6(2)5-3-7-9-8-4-5;3-1(4)2(5)6/h5H,3-4H2,1-2H3;(H,3,4)(H,5,6)/p-2. The van der Waals surface area contributed by atoms with Gasteiger partial charge in [-0.15, -0.1) is 0 Å². The number of hydrogen-bond acceptors (Lipinski definition) is 8. The molecule has 15 heavy (non-hydrogen) atoms. The van der Waals surface area contributed by atoms with Gasteiger partial charge in [-0.05, 0) is 23.9 Å². The van der Waals surface area contributed by atoms with Crippen molar-refractivity contribution in [3.63, 3.8) is 0 Å². The molecule has 1 fully saturated rings. The topological polar surface area (TPSA) is 83.5 Å². The molecule has 0 aromatic carbocycles. The molecule has 1 aliphatic rings. The Balaban J connectivity index is 0.000000288. The van der Waals surface area contributed by atoms with Crippen LogP contribution in [-0.4, -0.2) is 48.5 Å². The molecule has 0 N–H and O–H groups in total. The Labute approximate surface area is 99.8 Å². The second-order valence-corrected chi connectivity index (χ2v) is 7.15. The van der Waals surface area contributed by atoms with E-state index in [1.165, 1.54) is 11.5 Å². The summed E-state index contributed by atoms with van der Waals surface area (Å²) >= 11 is 0. The van der Waals surface area contributed by atoms with Crippen molar-refractivity contribution in [2.45, 2.75) is 6.04 Å². The van der Waals surface area contributed by atoms with Gasteiger partial charge in [0.25, 0.3) is 0 Å². The van der Waals surface area contributed by atoms with Gasteiger partial charge in [0.1, 0.15) is 0 Å². The second kappa shape index (κ2) is 8.14. The van der Waals surface area contributed by atoms with Crippen LogP contribution in [0.3, 0.4) is 0 Å². The van der Waals surface area contributed by atoms with Crippen LogP contribution in [0.4, 0.5) is 0 Å². The normalized spacial score (nSPS) is 16.7. The summed E-state index contributed by atoms with van der Waals surface area (Å²) < 4.78 is 0. The van der Waals surface area contributed by atoms with E-state index in [1.807, 2.05) is 31.4 Å². The highest BCUT2D eigenvalue weighted by Gasteiger charge is 2.15. The molecule has 0 bridgehead atoms. The minimum absolute atomic E-state index is 0.793. The summed E-state index contributed by atoms with van der Waals surface area (Å²) in [6, 6.07) is 0.793. The van der Waals surface area contributed by atoms with Gasteiger partial charge in [-0.3, -0.25) is 0 Å². The van der Waals surface area contributed by atoms with Gasteiger partial charge in [0.05, 0.1) is 11.9 Å². The summed E-state index contributed by atoms with van der Waals surface area (Å²) in [6.07, 6.45) is 0. The van der Waals surface area contributed by atoms with Gasteiger partial charge in [-0.25, -0.2) is 0 Å². The van der Waals surface area contributed by atoms with Gasteiger partial charge in [0.2, 0.25) is 0 Å². The van der Waals surface area contributed by atoms with Crippen molar-refractivity contribution in [1.29, 1.82) is 0 Å². The van der Waals surface area contributed by atoms with Crippen LogP contribution in [0.5, 0.6) is 0 Å². The lowest BCUT2D eigenvalue weighted by atomic mass is 10.4. The van der Waals surface area contributed by atoms with E-state index in [2.05, 4.69) is 19.0 Å². The molecule has 0 radical (unpaired) electrons. The molecule has 0 spiro atoms. The van der Waals surface area contributed by atoms with Crippen molar-refractivity contribution in [2.75, 3.05) is 25.6 Å². The number of aliphatic carboxylic acids is 2. The van der Waals surface area contributed by atoms with E-state index in [1.54, 1.807) is 0 Å². The maximum Gasteiger partial charge on any atom is 0.0870 e. The Kier molecular flexibility index (Phi) is 8.12. The zero-order valence-electron chi connectivity index (χ0n) is 8.30. The fourth-order valence-electron chi connectivity index (χ4n) is 0.593. The van der Waals surface area contributed by atoms with E-state index >= 15 is 0 Å². The number of carbonyl (C=O) groups excluding carboxylic acids is 2. The van der Waals surface area contributed by atoms with Crippen LogP contribution >= 0.6 is 31.4 Å². The smallest absolute Gasteiger partial charge is 0.0870 e. The molecule has 88 valence electrons. The van der Waals surface area contributed by atoms with E-state index in [9.17, 15) is 0 Å². The molecular formula is C7H11NO4S3-2. The number of rotatable bonds is 1. The summed E-state index contributed by atoms with van der Waals surface area (Å²) in [5, 5.41) is 17.9. The highest BCUT2D eigenvalue weighted by Crippen LogP contribution is 2.40. The Morgan fingerprint density at radius 2 is 1.53 bits per heavy atom. The quantitative estimate of drug-likeness (QED) is 0.418. The first-order chi connectivity index (χ1) is 6.95. The second-order valence-electron chi connectivity index (χ2n) is 2.83. The Morgan fingerprint density at radius 3 is 1.73 bits per heavy atom. The van der Waals surface area contributed by atoms with Crippen LogP contribution < -0.4 is 10.2 Å². The summed E-state index contributed by atoms with van der Waals surface area (Å²) in [6.45, 7) is 0. The first-order valence-corrected chi connectivity index (χ1v) is 7.77. The fraction of sp³-hybridized carbons (Fsp3) is 0.714. The average molecular weight is 269 g/mol. The molecule has 0 atom stereocenters.